The monoisotopic (exact) mass is 873 g/mol. The van der Waals surface area contributed by atoms with Crippen LogP contribution in [-0.2, 0) is 6.18 Å². The van der Waals surface area contributed by atoms with E-state index in [2.05, 4.69) is 106 Å². The highest BCUT2D eigenvalue weighted by Crippen LogP contribution is 2.42. The lowest BCUT2D eigenvalue weighted by Crippen LogP contribution is -2.05. The lowest BCUT2D eigenvalue weighted by molar-refractivity contribution is -0.137. The maximum absolute atomic E-state index is 14.2. The summed E-state index contributed by atoms with van der Waals surface area (Å²) in [6.45, 7) is 1.70. The SMILES string of the molecule is Cc1cc(-c2ccc3c4ccccc4n(-c4ccc(-c5ccc6c7ccccc7n(-c7ccccc7)c6c5)cc4-c4nc(-c5ccccc5)nc(-c5ccccc5)n4)c3c2)cc(C(F)(F)F)c1. The lowest BCUT2D eigenvalue weighted by atomic mass is 9.98. The van der Waals surface area contributed by atoms with Crippen LogP contribution in [0.3, 0.4) is 0 Å². The molecule has 0 aliphatic carbocycles. The van der Waals surface area contributed by atoms with Gasteiger partial charge in [0.2, 0.25) is 0 Å². The molecule has 0 aliphatic heterocycles. The predicted molar refractivity (Wildman–Crippen MR) is 265 cm³/mol. The van der Waals surface area contributed by atoms with Gasteiger partial charge in [0, 0.05) is 43.9 Å². The van der Waals surface area contributed by atoms with Gasteiger partial charge in [-0.05, 0) is 95.4 Å². The van der Waals surface area contributed by atoms with E-state index >= 15 is 0 Å². The van der Waals surface area contributed by atoms with Crippen molar-refractivity contribution in [2.75, 3.05) is 0 Å². The molecule has 0 aliphatic rings. The van der Waals surface area contributed by atoms with E-state index in [4.69, 9.17) is 15.0 Å². The molecule has 0 bridgehead atoms. The van der Waals surface area contributed by atoms with Crippen molar-refractivity contribution in [3.05, 3.63) is 223 Å². The van der Waals surface area contributed by atoms with E-state index in [0.29, 0.717) is 34.2 Å². The van der Waals surface area contributed by atoms with Gasteiger partial charge in [-0.2, -0.15) is 13.2 Å². The quantitative estimate of drug-likeness (QED) is 0.160. The van der Waals surface area contributed by atoms with Crippen molar-refractivity contribution in [3.8, 4) is 67.8 Å². The molecule has 0 fully saturated rings. The van der Waals surface area contributed by atoms with Gasteiger partial charge in [-0.3, -0.25) is 0 Å². The number of fused-ring (bicyclic) bond motifs is 6. The zero-order valence-electron chi connectivity index (χ0n) is 36.1. The molecule has 0 atom stereocenters. The first kappa shape index (κ1) is 39.9. The predicted octanol–water partition coefficient (Wildman–Crippen LogP) is 15.7. The highest BCUT2D eigenvalue weighted by molar-refractivity contribution is 6.12. The summed E-state index contributed by atoms with van der Waals surface area (Å²) in [6.07, 6.45) is -4.49. The largest absolute Gasteiger partial charge is 0.416 e. The molecule has 3 aromatic heterocycles. The van der Waals surface area contributed by atoms with E-state index in [1.807, 2.05) is 97.1 Å². The Morgan fingerprint density at radius 1 is 0.358 bits per heavy atom. The van der Waals surface area contributed by atoms with E-state index in [-0.39, 0.29) is 0 Å². The van der Waals surface area contributed by atoms with E-state index < -0.39 is 11.7 Å². The average Bonchev–Trinajstić information content (AvgIpc) is 3.88. The smallest absolute Gasteiger partial charge is 0.309 e. The van der Waals surface area contributed by atoms with Crippen LogP contribution in [0.4, 0.5) is 13.2 Å². The average molecular weight is 874 g/mol. The summed E-state index contributed by atoms with van der Waals surface area (Å²) in [7, 11) is 0. The Labute approximate surface area is 383 Å². The van der Waals surface area contributed by atoms with Crippen LogP contribution < -0.4 is 0 Å². The third-order valence-corrected chi connectivity index (χ3v) is 12.6. The Kier molecular flexibility index (Phi) is 9.43. The van der Waals surface area contributed by atoms with Gasteiger partial charge in [-0.1, -0.05) is 152 Å². The second-order valence-electron chi connectivity index (χ2n) is 16.9. The summed E-state index contributed by atoms with van der Waals surface area (Å²) >= 11 is 0. The zero-order chi connectivity index (χ0) is 45.2. The maximum atomic E-state index is 14.2. The van der Waals surface area contributed by atoms with E-state index in [1.54, 1.807) is 13.0 Å². The summed E-state index contributed by atoms with van der Waals surface area (Å²) in [5, 5.41) is 4.28. The second kappa shape index (κ2) is 15.8. The summed E-state index contributed by atoms with van der Waals surface area (Å²) in [5.41, 5.74) is 11.2. The fourth-order valence-corrected chi connectivity index (χ4v) is 9.55. The molecule has 5 nitrogen and oxygen atoms in total. The Morgan fingerprint density at radius 3 is 1.42 bits per heavy atom. The number of aromatic nitrogens is 5. The van der Waals surface area contributed by atoms with Crippen molar-refractivity contribution in [2.45, 2.75) is 13.1 Å². The number of halogens is 3. The number of nitrogens with zero attached hydrogens (tertiary/aromatic N) is 5. The van der Waals surface area contributed by atoms with Crippen molar-refractivity contribution >= 4 is 43.6 Å². The Bertz CT molecular complexity index is 3800. The number of benzene rings is 9. The minimum atomic E-state index is -4.49. The molecule has 0 radical (unpaired) electrons. The first-order valence-corrected chi connectivity index (χ1v) is 22.1. The van der Waals surface area contributed by atoms with Gasteiger partial charge in [0.15, 0.2) is 17.5 Å². The Morgan fingerprint density at radius 2 is 0.821 bits per heavy atom. The van der Waals surface area contributed by atoms with Crippen molar-refractivity contribution < 1.29 is 13.2 Å². The second-order valence-corrected chi connectivity index (χ2v) is 16.9. The maximum Gasteiger partial charge on any atom is 0.416 e. The normalized spacial score (nSPS) is 11.9. The van der Waals surface area contributed by atoms with Crippen molar-refractivity contribution in [1.82, 2.24) is 24.1 Å². The molecule has 0 spiro atoms. The van der Waals surface area contributed by atoms with Crippen LogP contribution in [0.15, 0.2) is 212 Å². The Balaban J connectivity index is 1.14. The van der Waals surface area contributed by atoms with E-state index in [0.717, 1.165) is 77.4 Å². The topological polar surface area (TPSA) is 48.5 Å². The third kappa shape index (κ3) is 7.02. The van der Waals surface area contributed by atoms with E-state index in [1.165, 1.54) is 17.5 Å². The first-order valence-electron chi connectivity index (χ1n) is 22.1. The van der Waals surface area contributed by atoms with Crippen molar-refractivity contribution in [3.63, 3.8) is 0 Å². The molecular weight excluding hydrogens is 836 g/mol. The summed E-state index contributed by atoms with van der Waals surface area (Å²) in [4.78, 5) is 15.5. The fourth-order valence-electron chi connectivity index (χ4n) is 9.55. The molecule has 3 heterocycles. The van der Waals surface area contributed by atoms with Crippen molar-refractivity contribution in [2.24, 2.45) is 0 Å². The zero-order valence-corrected chi connectivity index (χ0v) is 36.1. The molecule has 12 aromatic rings. The summed E-state index contributed by atoms with van der Waals surface area (Å²) in [6, 6.07) is 70.1. The molecule has 0 unspecified atom stereocenters. The van der Waals surface area contributed by atoms with Crippen LogP contribution >= 0.6 is 0 Å². The summed E-state index contributed by atoms with van der Waals surface area (Å²) < 4.78 is 47.0. The van der Waals surface area contributed by atoms with Gasteiger partial charge in [0.1, 0.15) is 0 Å². The minimum absolute atomic E-state index is 0.472. The molecule has 0 saturated heterocycles. The fraction of sp³-hybridized carbons (Fsp3) is 0.0339. The highest BCUT2D eigenvalue weighted by Gasteiger charge is 2.31. The van der Waals surface area contributed by atoms with Gasteiger partial charge >= 0.3 is 6.18 Å². The van der Waals surface area contributed by atoms with Crippen LogP contribution in [0, 0.1) is 6.92 Å². The molecule has 0 saturated carbocycles. The molecule has 12 rings (SSSR count). The minimum Gasteiger partial charge on any atom is -0.309 e. The summed E-state index contributed by atoms with van der Waals surface area (Å²) in [5.74, 6) is 1.53. The molecule has 67 heavy (non-hydrogen) atoms. The standard InChI is InChI=1S/C59H38F3N5/c1-37-31-43(33-44(32-37)59(60,61)62)42-26-29-49-47-22-12-14-24-52(47)67(55(49)36-42)53-30-27-40(41-25-28-48-46-21-11-13-23-51(46)66(54(48)35-41)45-19-9-4-10-20-45)34-50(53)58-64-56(38-15-5-2-6-16-38)63-57(65-58)39-17-7-3-8-18-39/h2-36H,1H3. The number of aryl methyl sites for hydroxylation is 1. The molecule has 9 aromatic carbocycles. The molecule has 0 amide bonds. The van der Waals surface area contributed by atoms with Gasteiger partial charge in [-0.15, -0.1) is 0 Å². The third-order valence-electron chi connectivity index (χ3n) is 12.6. The first-order chi connectivity index (χ1) is 32.7. The molecule has 0 N–H and O–H groups in total. The van der Waals surface area contributed by atoms with Gasteiger partial charge in [0.05, 0.1) is 33.3 Å². The van der Waals surface area contributed by atoms with Gasteiger partial charge in [0.25, 0.3) is 0 Å². The van der Waals surface area contributed by atoms with Crippen LogP contribution in [0.5, 0.6) is 0 Å². The van der Waals surface area contributed by atoms with Crippen molar-refractivity contribution in [1.29, 1.82) is 0 Å². The van der Waals surface area contributed by atoms with Crippen LogP contribution in [0.1, 0.15) is 11.1 Å². The number of hydrogen-bond acceptors (Lipinski definition) is 3. The van der Waals surface area contributed by atoms with Crippen LogP contribution in [0.25, 0.3) is 111 Å². The lowest BCUT2D eigenvalue weighted by Gasteiger charge is -2.17. The molecule has 320 valence electrons. The number of rotatable bonds is 7. The van der Waals surface area contributed by atoms with Crippen LogP contribution in [0.2, 0.25) is 0 Å². The molecular formula is C59H38F3N5. The highest BCUT2D eigenvalue weighted by atomic mass is 19.4. The molecule has 8 heteroatoms. The number of para-hydroxylation sites is 3. The number of hydrogen-bond donors (Lipinski definition) is 0. The van der Waals surface area contributed by atoms with Gasteiger partial charge in [-0.25, -0.2) is 15.0 Å². The van der Waals surface area contributed by atoms with Crippen LogP contribution in [-0.4, -0.2) is 24.1 Å². The van der Waals surface area contributed by atoms with Gasteiger partial charge < -0.3 is 9.13 Å². The number of alkyl halides is 3. The Hall–Kier alpha value is -8.62. The van der Waals surface area contributed by atoms with E-state index in [9.17, 15) is 13.2 Å².